The molecule has 0 aliphatic rings. The lowest BCUT2D eigenvalue weighted by Crippen LogP contribution is -2.13. The van der Waals surface area contributed by atoms with Gasteiger partial charge in [0.25, 0.3) is 5.91 Å². The van der Waals surface area contributed by atoms with E-state index in [1.165, 1.54) is 7.11 Å². The Hall–Kier alpha value is -1.40. The van der Waals surface area contributed by atoms with Crippen molar-refractivity contribution in [1.82, 2.24) is 4.98 Å². The highest BCUT2D eigenvalue weighted by Crippen LogP contribution is 2.25. The molecule has 2 rings (SSSR count). The highest BCUT2D eigenvalue weighted by atomic mass is 79.9. The van der Waals surface area contributed by atoms with Crippen molar-refractivity contribution in [3.63, 3.8) is 0 Å². The van der Waals surface area contributed by atoms with E-state index in [2.05, 4.69) is 42.2 Å². The Balaban J connectivity index is 2.28. The normalized spacial score (nSPS) is 10.1. The number of ether oxygens (including phenoxy) is 1. The van der Waals surface area contributed by atoms with Crippen molar-refractivity contribution in [2.75, 3.05) is 12.4 Å². The lowest BCUT2D eigenvalue weighted by molar-refractivity contribution is 0.102. The Morgan fingerprint density at radius 1 is 1.32 bits per heavy atom. The minimum atomic E-state index is -0.252. The maximum Gasteiger partial charge on any atom is 0.259 e. The zero-order valence-electron chi connectivity index (χ0n) is 9.98. The summed E-state index contributed by atoms with van der Waals surface area (Å²) in [6, 6.07) is 8.74. The number of pyridine rings is 1. The van der Waals surface area contributed by atoms with Crippen LogP contribution in [0.15, 0.2) is 45.6 Å². The second kappa shape index (κ2) is 6.16. The minimum Gasteiger partial charge on any atom is -0.496 e. The Kier molecular flexibility index (Phi) is 4.55. The molecule has 0 saturated heterocycles. The number of hydrogen-bond acceptors (Lipinski definition) is 3. The van der Waals surface area contributed by atoms with Crippen molar-refractivity contribution in [3.05, 3.63) is 51.2 Å². The fraction of sp³-hybridized carbons (Fsp3) is 0.0769. The van der Waals surface area contributed by atoms with Crippen molar-refractivity contribution in [2.24, 2.45) is 0 Å². The largest absolute Gasteiger partial charge is 0.496 e. The molecule has 19 heavy (non-hydrogen) atoms. The summed E-state index contributed by atoms with van der Waals surface area (Å²) < 4.78 is 6.63. The van der Waals surface area contributed by atoms with Gasteiger partial charge in [-0.2, -0.15) is 0 Å². The number of hydrogen-bond donors (Lipinski definition) is 1. The highest BCUT2D eigenvalue weighted by Gasteiger charge is 2.14. The summed E-state index contributed by atoms with van der Waals surface area (Å²) in [4.78, 5) is 16.2. The fourth-order valence-corrected chi connectivity index (χ4v) is 2.21. The average molecular weight is 386 g/mol. The summed E-state index contributed by atoms with van der Waals surface area (Å²) in [6.45, 7) is 0. The Morgan fingerprint density at radius 3 is 2.79 bits per heavy atom. The zero-order chi connectivity index (χ0) is 13.8. The predicted molar refractivity (Wildman–Crippen MR) is 80.6 cm³/mol. The van der Waals surface area contributed by atoms with Crippen molar-refractivity contribution in [2.45, 2.75) is 0 Å². The Labute approximate surface area is 127 Å². The molecule has 6 heteroatoms. The van der Waals surface area contributed by atoms with Gasteiger partial charge < -0.3 is 10.1 Å². The van der Waals surface area contributed by atoms with E-state index in [1.807, 2.05) is 0 Å². The van der Waals surface area contributed by atoms with E-state index < -0.39 is 0 Å². The third-order valence-corrected chi connectivity index (χ3v) is 3.54. The summed E-state index contributed by atoms with van der Waals surface area (Å²) in [7, 11) is 1.53. The molecule has 0 saturated carbocycles. The number of rotatable bonds is 3. The van der Waals surface area contributed by atoms with Gasteiger partial charge in [-0.05, 0) is 46.3 Å². The summed E-state index contributed by atoms with van der Waals surface area (Å²) in [6.07, 6.45) is 1.64. The zero-order valence-corrected chi connectivity index (χ0v) is 13.2. The van der Waals surface area contributed by atoms with Crippen LogP contribution in [0.4, 0.5) is 5.69 Å². The van der Waals surface area contributed by atoms with Gasteiger partial charge in [-0.25, -0.2) is 4.98 Å². The van der Waals surface area contributed by atoms with Gasteiger partial charge in [0, 0.05) is 10.7 Å². The minimum absolute atomic E-state index is 0.252. The molecule has 1 amide bonds. The molecule has 0 radical (unpaired) electrons. The number of aromatic nitrogens is 1. The molecule has 0 bridgehead atoms. The number of anilines is 1. The fourth-order valence-electron chi connectivity index (χ4n) is 1.52. The quantitative estimate of drug-likeness (QED) is 0.816. The average Bonchev–Trinajstić information content (AvgIpc) is 2.41. The van der Waals surface area contributed by atoms with Gasteiger partial charge in [-0.1, -0.05) is 15.9 Å². The number of carbonyl (C=O) groups excluding carboxylic acids is 1. The SMILES string of the molecule is COc1cc(Br)ccc1C(=O)Nc1cccnc1Br. The number of methoxy groups -OCH3 is 1. The standard InChI is InChI=1S/C13H10Br2N2O2/c1-19-11-7-8(14)4-5-9(11)13(18)17-10-3-2-6-16-12(10)15/h2-7H,1H3,(H,17,18). The number of nitrogens with one attached hydrogen (secondary N) is 1. The number of benzene rings is 1. The highest BCUT2D eigenvalue weighted by molar-refractivity contribution is 9.10. The Bertz CT molecular complexity index is 617. The maximum absolute atomic E-state index is 12.2. The van der Waals surface area contributed by atoms with Gasteiger partial charge in [0.15, 0.2) is 0 Å². The van der Waals surface area contributed by atoms with Crippen molar-refractivity contribution in [1.29, 1.82) is 0 Å². The maximum atomic E-state index is 12.2. The molecule has 0 atom stereocenters. The first-order valence-corrected chi connectivity index (χ1v) is 6.96. The van der Waals surface area contributed by atoms with Crippen LogP contribution in [0.2, 0.25) is 0 Å². The summed E-state index contributed by atoms with van der Waals surface area (Å²) in [5.41, 5.74) is 1.07. The monoisotopic (exact) mass is 384 g/mol. The van der Waals surface area contributed by atoms with Gasteiger partial charge in [0.2, 0.25) is 0 Å². The van der Waals surface area contributed by atoms with Crippen LogP contribution in [0.5, 0.6) is 5.75 Å². The van der Waals surface area contributed by atoms with E-state index in [0.717, 1.165) is 4.47 Å². The lowest BCUT2D eigenvalue weighted by atomic mass is 10.2. The number of amides is 1. The van der Waals surface area contributed by atoms with Gasteiger partial charge in [-0.15, -0.1) is 0 Å². The molecule has 1 aromatic carbocycles. The van der Waals surface area contributed by atoms with Crippen molar-refractivity contribution < 1.29 is 9.53 Å². The number of halogens is 2. The molecule has 1 N–H and O–H groups in total. The third-order valence-electron chi connectivity index (χ3n) is 2.42. The van der Waals surface area contributed by atoms with Crippen LogP contribution >= 0.6 is 31.9 Å². The first kappa shape index (κ1) is 14.0. The molecular weight excluding hydrogens is 376 g/mol. The van der Waals surface area contributed by atoms with E-state index in [1.54, 1.807) is 36.5 Å². The van der Waals surface area contributed by atoms with Crippen LogP contribution in [0.25, 0.3) is 0 Å². The van der Waals surface area contributed by atoms with Gasteiger partial charge >= 0.3 is 0 Å². The van der Waals surface area contributed by atoms with Crippen LogP contribution in [-0.4, -0.2) is 18.0 Å². The van der Waals surface area contributed by atoms with Gasteiger partial charge in [0.05, 0.1) is 18.4 Å². The topological polar surface area (TPSA) is 51.2 Å². The van der Waals surface area contributed by atoms with Crippen molar-refractivity contribution in [3.8, 4) is 5.75 Å². The molecule has 4 nitrogen and oxygen atoms in total. The molecule has 1 aromatic heterocycles. The summed E-state index contributed by atoms with van der Waals surface area (Å²) in [5, 5.41) is 2.78. The van der Waals surface area contributed by atoms with Crippen LogP contribution in [0.1, 0.15) is 10.4 Å². The van der Waals surface area contributed by atoms with E-state index in [0.29, 0.717) is 21.6 Å². The molecule has 0 aliphatic carbocycles. The molecule has 98 valence electrons. The Morgan fingerprint density at radius 2 is 2.11 bits per heavy atom. The predicted octanol–water partition coefficient (Wildman–Crippen LogP) is 3.87. The first-order valence-electron chi connectivity index (χ1n) is 5.37. The third kappa shape index (κ3) is 3.33. The first-order chi connectivity index (χ1) is 9.11. The molecule has 0 unspecified atom stereocenters. The second-order valence-electron chi connectivity index (χ2n) is 3.64. The summed E-state index contributed by atoms with van der Waals surface area (Å²) in [5.74, 6) is 0.255. The number of nitrogens with zero attached hydrogens (tertiary/aromatic N) is 1. The van der Waals surface area contributed by atoms with Gasteiger partial charge in [-0.3, -0.25) is 4.79 Å². The van der Waals surface area contributed by atoms with Crippen molar-refractivity contribution >= 4 is 43.5 Å². The van der Waals surface area contributed by atoms with Crippen LogP contribution < -0.4 is 10.1 Å². The molecule has 0 aliphatic heterocycles. The van der Waals surface area contributed by atoms with Crippen LogP contribution in [0.3, 0.4) is 0 Å². The molecule has 0 fully saturated rings. The van der Waals surface area contributed by atoms with E-state index in [9.17, 15) is 4.79 Å². The lowest BCUT2D eigenvalue weighted by Gasteiger charge is -2.10. The molecular formula is C13H10Br2N2O2. The van der Waals surface area contributed by atoms with E-state index in [4.69, 9.17) is 4.74 Å². The molecule has 2 aromatic rings. The van der Waals surface area contributed by atoms with E-state index in [-0.39, 0.29) is 5.91 Å². The molecule has 0 spiro atoms. The van der Waals surface area contributed by atoms with Crippen LogP contribution in [0, 0.1) is 0 Å². The molecule has 1 heterocycles. The summed E-state index contributed by atoms with van der Waals surface area (Å²) >= 11 is 6.62. The number of carbonyl (C=O) groups is 1. The second-order valence-corrected chi connectivity index (χ2v) is 5.31. The smallest absolute Gasteiger partial charge is 0.259 e. The van der Waals surface area contributed by atoms with Gasteiger partial charge in [0.1, 0.15) is 10.4 Å². The van der Waals surface area contributed by atoms with Crippen LogP contribution in [-0.2, 0) is 0 Å². The van der Waals surface area contributed by atoms with E-state index >= 15 is 0 Å².